The van der Waals surface area contributed by atoms with Crippen LogP contribution in [0, 0.1) is 0 Å². The first-order valence-corrected chi connectivity index (χ1v) is 8.05. The van der Waals surface area contributed by atoms with Crippen LogP contribution in [0.4, 0.5) is 5.82 Å². The van der Waals surface area contributed by atoms with Crippen LogP contribution in [-0.4, -0.2) is 21.7 Å². The molecule has 0 radical (unpaired) electrons. The van der Waals surface area contributed by atoms with Gasteiger partial charge in [-0.15, -0.1) is 0 Å². The molecule has 4 rings (SSSR count). The Labute approximate surface area is 145 Å². The molecule has 0 fully saturated rings. The van der Waals surface area contributed by atoms with E-state index in [1.165, 1.54) is 0 Å². The van der Waals surface area contributed by atoms with Crippen molar-refractivity contribution in [2.45, 2.75) is 6.04 Å². The van der Waals surface area contributed by atoms with E-state index in [1.807, 2.05) is 54.6 Å². The van der Waals surface area contributed by atoms with Gasteiger partial charge in [-0.05, 0) is 29.8 Å². The number of nitrogens with one attached hydrogen (secondary N) is 1. The molecule has 124 valence electrons. The van der Waals surface area contributed by atoms with Gasteiger partial charge in [0, 0.05) is 10.9 Å². The summed E-state index contributed by atoms with van der Waals surface area (Å²) in [6.45, 7) is -0.0309. The number of fused-ring (bicyclic) bond motifs is 1. The third-order valence-corrected chi connectivity index (χ3v) is 4.09. The zero-order chi connectivity index (χ0) is 17.1. The SMILES string of the molecule is OCC(Nc1cncc(-c2ccc3occc3c2)n1)c1ccccc1. The second-order valence-corrected chi connectivity index (χ2v) is 5.75. The molecule has 5 heteroatoms. The molecule has 0 spiro atoms. The Bertz CT molecular complexity index is 982. The molecule has 5 nitrogen and oxygen atoms in total. The molecule has 1 atom stereocenters. The fourth-order valence-electron chi connectivity index (χ4n) is 2.80. The molecule has 1 unspecified atom stereocenters. The summed E-state index contributed by atoms with van der Waals surface area (Å²) < 4.78 is 5.37. The van der Waals surface area contributed by atoms with Gasteiger partial charge in [-0.25, -0.2) is 4.98 Å². The summed E-state index contributed by atoms with van der Waals surface area (Å²) in [7, 11) is 0. The van der Waals surface area contributed by atoms with E-state index in [2.05, 4.69) is 15.3 Å². The minimum atomic E-state index is -0.234. The van der Waals surface area contributed by atoms with Crippen LogP contribution in [0.15, 0.2) is 77.7 Å². The first kappa shape index (κ1) is 15.4. The van der Waals surface area contributed by atoms with Crippen LogP contribution in [0.3, 0.4) is 0 Å². The molecular formula is C20H17N3O2. The second kappa shape index (κ2) is 6.75. The number of hydrogen-bond acceptors (Lipinski definition) is 5. The summed E-state index contributed by atoms with van der Waals surface area (Å²) in [5, 5.41) is 14.0. The van der Waals surface area contributed by atoms with E-state index in [4.69, 9.17) is 4.42 Å². The molecule has 2 heterocycles. The number of aliphatic hydroxyl groups is 1. The van der Waals surface area contributed by atoms with Crippen molar-refractivity contribution < 1.29 is 9.52 Å². The van der Waals surface area contributed by atoms with Gasteiger partial charge in [-0.2, -0.15) is 0 Å². The van der Waals surface area contributed by atoms with Crippen molar-refractivity contribution in [2.24, 2.45) is 0 Å². The van der Waals surface area contributed by atoms with Gasteiger partial charge in [0.2, 0.25) is 0 Å². The Kier molecular flexibility index (Phi) is 4.14. The highest BCUT2D eigenvalue weighted by Crippen LogP contribution is 2.25. The summed E-state index contributed by atoms with van der Waals surface area (Å²) in [6, 6.07) is 17.4. The minimum absolute atomic E-state index is 0.0309. The summed E-state index contributed by atoms with van der Waals surface area (Å²) in [5.41, 5.74) is 3.57. The van der Waals surface area contributed by atoms with Gasteiger partial charge in [-0.1, -0.05) is 30.3 Å². The van der Waals surface area contributed by atoms with Gasteiger partial charge in [0.05, 0.1) is 37.0 Å². The van der Waals surface area contributed by atoms with Crippen molar-refractivity contribution in [2.75, 3.05) is 11.9 Å². The van der Waals surface area contributed by atoms with E-state index < -0.39 is 0 Å². The number of anilines is 1. The predicted octanol–water partition coefficient (Wildman–Crippen LogP) is 4.04. The molecule has 2 aromatic carbocycles. The van der Waals surface area contributed by atoms with Gasteiger partial charge in [-0.3, -0.25) is 4.98 Å². The molecule has 0 saturated heterocycles. The molecular weight excluding hydrogens is 314 g/mol. The van der Waals surface area contributed by atoms with E-state index >= 15 is 0 Å². The first-order valence-electron chi connectivity index (χ1n) is 8.05. The Morgan fingerprint density at radius 1 is 1.04 bits per heavy atom. The highest BCUT2D eigenvalue weighted by atomic mass is 16.3. The number of aromatic nitrogens is 2. The zero-order valence-corrected chi connectivity index (χ0v) is 13.5. The Morgan fingerprint density at radius 2 is 1.92 bits per heavy atom. The highest BCUT2D eigenvalue weighted by molar-refractivity contribution is 5.82. The van der Waals surface area contributed by atoms with E-state index in [0.717, 1.165) is 27.8 Å². The normalized spacial score (nSPS) is 12.2. The lowest BCUT2D eigenvalue weighted by Crippen LogP contribution is -2.15. The average molecular weight is 331 g/mol. The van der Waals surface area contributed by atoms with Crippen LogP contribution in [-0.2, 0) is 0 Å². The molecule has 2 aromatic heterocycles. The molecule has 4 aromatic rings. The Balaban J connectivity index is 1.62. The number of aliphatic hydroxyl groups excluding tert-OH is 1. The quantitative estimate of drug-likeness (QED) is 0.577. The summed E-state index contributed by atoms with van der Waals surface area (Å²) in [5.74, 6) is 0.618. The monoisotopic (exact) mass is 331 g/mol. The maximum atomic E-state index is 9.70. The Hall–Kier alpha value is -3.18. The van der Waals surface area contributed by atoms with Crippen molar-refractivity contribution in [1.82, 2.24) is 9.97 Å². The van der Waals surface area contributed by atoms with E-state index in [1.54, 1.807) is 18.7 Å². The molecule has 0 amide bonds. The van der Waals surface area contributed by atoms with Crippen molar-refractivity contribution in [1.29, 1.82) is 0 Å². The van der Waals surface area contributed by atoms with Gasteiger partial charge in [0.15, 0.2) is 0 Å². The molecule has 0 aliphatic carbocycles. The molecule has 2 N–H and O–H groups in total. The third-order valence-electron chi connectivity index (χ3n) is 4.09. The van der Waals surface area contributed by atoms with Gasteiger partial charge in [0.25, 0.3) is 0 Å². The van der Waals surface area contributed by atoms with E-state index in [-0.39, 0.29) is 12.6 Å². The smallest absolute Gasteiger partial charge is 0.145 e. The first-order chi connectivity index (χ1) is 12.3. The number of furan rings is 1. The largest absolute Gasteiger partial charge is 0.464 e. The lowest BCUT2D eigenvalue weighted by Gasteiger charge is -2.17. The summed E-state index contributed by atoms with van der Waals surface area (Å²) >= 11 is 0. The van der Waals surface area contributed by atoms with Gasteiger partial charge in [0.1, 0.15) is 11.4 Å². The number of benzene rings is 2. The lowest BCUT2D eigenvalue weighted by molar-refractivity contribution is 0.276. The topological polar surface area (TPSA) is 71.2 Å². The molecule has 0 saturated carbocycles. The standard InChI is InChI=1S/C20H17N3O2/c24-13-18(14-4-2-1-3-5-14)23-20-12-21-11-17(22-20)15-6-7-19-16(10-15)8-9-25-19/h1-12,18,24H,13H2,(H,22,23). The zero-order valence-electron chi connectivity index (χ0n) is 13.5. The molecule has 0 bridgehead atoms. The van der Waals surface area contributed by atoms with Gasteiger partial charge < -0.3 is 14.8 Å². The summed E-state index contributed by atoms with van der Waals surface area (Å²) in [4.78, 5) is 8.91. The maximum absolute atomic E-state index is 9.70. The minimum Gasteiger partial charge on any atom is -0.464 e. The molecule has 0 aliphatic heterocycles. The van der Waals surface area contributed by atoms with E-state index in [9.17, 15) is 5.11 Å². The molecule has 0 aliphatic rings. The number of hydrogen-bond donors (Lipinski definition) is 2. The van der Waals surface area contributed by atoms with Crippen LogP contribution >= 0.6 is 0 Å². The molecule has 25 heavy (non-hydrogen) atoms. The average Bonchev–Trinajstić information content (AvgIpc) is 3.15. The van der Waals surface area contributed by atoms with Crippen LogP contribution in [0.1, 0.15) is 11.6 Å². The predicted molar refractivity (Wildman–Crippen MR) is 97.1 cm³/mol. The van der Waals surface area contributed by atoms with Crippen LogP contribution in [0.25, 0.3) is 22.2 Å². The Morgan fingerprint density at radius 3 is 2.76 bits per heavy atom. The summed E-state index contributed by atoms with van der Waals surface area (Å²) in [6.07, 6.45) is 5.05. The highest BCUT2D eigenvalue weighted by Gasteiger charge is 2.11. The van der Waals surface area contributed by atoms with Crippen molar-refractivity contribution in [3.63, 3.8) is 0 Å². The van der Waals surface area contributed by atoms with Crippen molar-refractivity contribution in [3.8, 4) is 11.3 Å². The fraction of sp³-hybridized carbons (Fsp3) is 0.100. The number of rotatable bonds is 5. The fourth-order valence-corrected chi connectivity index (χ4v) is 2.80. The van der Waals surface area contributed by atoms with Crippen LogP contribution in [0.2, 0.25) is 0 Å². The van der Waals surface area contributed by atoms with Crippen molar-refractivity contribution in [3.05, 3.63) is 78.8 Å². The lowest BCUT2D eigenvalue weighted by atomic mass is 10.1. The number of nitrogens with zero attached hydrogens (tertiary/aromatic N) is 2. The van der Waals surface area contributed by atoms with Crippen molar-refractivity contribution >= 4 is 16.8 Å². The maximum Gasteiger partial charge on any atom is 0.145 e. The van der Waals surface area contributed by atoms with E-state index in [0.29, 0.717) is 5.82 Å². The second-order valence-electron chi connectivity index (χ2n) is 5.75. The third kappa shape index (κ3) is 3.22. The van der Waals surface area contributed by atoms with Crippen LogP contribution < -0.4 is 5.32 Å². The van der Waals surface area contributed by atoms with Gasteiger partial charge >= 0.3 is 0 Å². The van der Waals surface area contributed by atoms with Crippen LogP contribution in [0.5, 0.6) is 0 Å².